The maximum absolute atomic E-state index is 6.31. The smallest absolute Gasteiger partial charge is 0.0738 e. The number of aryl methyl sites for hydroxylation is 2. The molecule has 110 valence electrons. The Morgan fingerprint density at radius 3 is 2.86 bits per heavy atom. The third kappa shape index (κ3) is 2.56. The van der Waals surface area contributed by atoms with Crippen molar-refractivity contribution in [1.29, 1.82) is 0 Å². The van der Waals surface area contributed by atoms with Crippen LogP contribution in [-0.2, 0) is 19.4 Å². The van der Waals surface area contributed by atoms with Crippen LogP contribution in [0.25, 0.3) is 10.9 Å². The molecule has 2 aliphatic carbocycles. The number of nitrogens with one attached hydrogen (secondary N) is 1. The maximum Gasteiger partial charge on any atom is 0.0738 e. The zero-order chi connectivity index (χ0) is 14.4. The summed E-state index contributed by atoms with van der Waals surface area (Å²) in [6.45, 7) is 3.08. The molecular formula is C18H21ClN2. The molecule has 2 aliphatic rings. The SMILES string of the molecule is Cc1cc(Cl)cc2c(CNC3CC3)c3c(nc12)CCCC3. The first kappa shape index (κ1) is 13.5. The van der Waals surface area contributed by atoms with Crippen molar-refractivity contribution >= 4 is 22.5 Å². The highest BCUT2D eigenvalue weighted by molar-refractivity contribution is 6.31. The van der Waals surface area contributed by atoms with E-state index in [9.17, 15) is 0 Å². The van der Waals surface area contributed by atoms with E-state index in [0.717, 1.165) is 29.5 Å². The zero-order valence-corrected chi connectivity index (χ0v) is 13.3. The van der Waals surface area contributed by atoms with E-state index in [1.54, 1.807) is 0 Å². The van der Waals surface area contributed by atoms with Crippen LogP contribution in [0.3, 0.4) is 0 Å². The van der Waals surface area contributed by atoms with Gasteiger partial charge in [-0.3, -0.25) is 4.98 Å². The average Bonchev–Trinajstić information content (AvgIpc) is 3.28. The Morgan fingerprint density at radius 2 is 2.05 bits per heavy atom. The average molecular weight is 301 g/mol. The van der Waals surface area contributed by atoms with E-state index in [0.29, 0.717) is 0 Å². The summed E-state index contributed by atoms with van der Waals surface area (Å²) >= 11 is 6.31. The molecule has 0 saturated heterocycles. The highest BCUT2D eigenvalue weighted by atomic mass is 35.5. The van der Waals surface area contributed by atoms with Gasteiger partial charge in [-0.1, -0.05) is 11.6 Å². The number of halogens is 1. The minimum absolute atomic E-state index is 0.729. The van der Waals surface area contributed by atoms with Gasteiger partial charge in [0.15, 0.2) is 0 Å². The lowest BCUT2D eigenvalue weighted by Gasteiger charge is -2.22. The van der Waals surface area contributed by atoms with Crippen molar-refractivity contribution in [2.45, 2.75) is 58.0 Å². The molecule has 21 heavy (non-hydrogen) atoms. The molecule has 0 aliphatic heterocycles. The molecule has 2 nitrogen and oxygen atoms in total. The summed E-state index contributed by atoms with van der Waals surface area (Å²) in [5.74, 6) is 0. The number of hydrogen-bond donors (Lipinski definition) is 1. The molecule has 1 aromatic heterocycles. The summed E-state index contributed by atoms with van der Waals surface area (Å²) in [5.41, 5.74) is 6.61. The lowest BCUT2D eigenvalue weighted by molar-refractivity contribution is 0.642. The van der Waals surface area contributed by atoms with Crippen molar-refractivity contribution in [3.63, 3.8) is 0 Å². The van der Waals surface area contributed by atoms with Gasteiger partial charge in [0, 0.05) is 28.7 Å². The predicted molar refractivity (Wildman–Crippen MR) is 88.0 cm³/mol. The molecule has 2 aromatic rings. The van der Waals surface area contributed by atoms with E-state index >= 15 is 0 Å². The van der Waals surface area contributed by atoms with E-state index in [4.69, 9.17) is 16.6 Å². The standard InChI is InChI=1S/C18H21ClN2/c1-11-8-12(19)9-15-16(10-20-13-6-7-13)14-4-2-3-5-17(14)21-18(11)15/h8-9,13,20H,2-7,10H2,1H3. The van der Waals surface area contributed by atoms with Gasteiger partial charge in [-0.15, -0.1) is 0 Å². The molecule has 3 heteroatoms. The van der Waals surface area contributed by atoms with E-state index in [1.807, 2.05) is 6.07 Å². The monoisotopic (exact) mass is 300 g/mol. The van der Waals surface area contributed by atoms with Gasteiger partial charge in [-0.05, 0) is 74.3 Å². The van der Waals surface area contributed by atoms with E-state index in [-0.39, 0.29) is 0 Å². The molecule has 0 radical (unpaired) electrons. The summed E-state index contributed by atoms with van der Waals surface area (Å²) in [7, 11) is 0. The Labute approximate surface area is 130 Å². The second-order valence-electron chi connectivity index (χ2n) is 6.50. The zero-order valence-electron chi connectivity index (χ0n) is 12.5. The van der Waals surface area contributed by atoms with Gasteiger partial charge in [0.05, 0.1) is 5.52 Å². The molecule has 1 aromatic carbocycles. The van der Waals surface area contributed by atoms with E-state index in [2.05, 4.69) is 18.3 Å². The molecule has 0 spiro atoms. The Morgan fingerprint density at radius 1 is 1.24 bits per heavy atom. The van der Waals surface area contributed by atoms with Gasteiger partial charge in [0.1, 0.15) is 0 Å². The van der Waals surface area contributed by atoms with E-state index in [1.165, 1.54) is 59.9 Å². The normalized spacial score (nSPS) is 18.0. The summed E-state index contributed by atoms with van der Waals surface area (Å²) in [5, 5.41) is 5.77. The molecule has 1 N–H and O–H groups in total. The second kappa shape index (κ2) is 5.26. The van der Waals surface area contributed by atoms with Crippen molar-refractivity contribution in [3.05, 3.63) is 39.5 Å². The molecule has 0 atom stereocenters. The highest BCUT2D eigenvalue weighted by Gasteiger charge is 2.23. The number of fused-ring (bicyclic) bond motifs is 2. The molecule has 1 heterocycles. The largest absolute Gasteiger partial charge is 0.310 e. The van der Waals surface area contributed by atoms with Crippen LogP contribution in [0.5, 0.6) is 0 Å². The number of nitrogens with zero attached hydrogens (tertiary/aromatic N) is 1. The van der Waals surface area contributed by atoms with Crippen molar-refractivity contribution < 1.29 is 0 Å². The first-order valence-electron chi connectivity index (χ1n) is 8.06. The van der Waals surface area contributed by atoms with Crippen LogP contribution in [0.4, 0.5) is 0 Å². The van der Waals surface area contributed by atoms with Crippen molar-refractivity contribution in [2.24, 2.45) is 0 Å². The van der Waals surface area contributed by atoms with Gasteiger partial charge in [-0.2, -0.15) is 0 Å². The van der Waals surface area contributed by atoms with Crippen molar-refractivity contribution in [1.82, 2.24) is 10.3 Å². The Kier molecular flexibility index (Phi) is 3.39. The topological polar surface area (TPSA) is 24.9 Å². The lowest BCUT2D eigenvalue weighted by atomic mass is 9.89. The van der Waals surface area contributed by atoms with Crippen LogP contribution in [0.2, 0.25) is 5.02 Å². The third-order valence-electron chi connectivity index (χ3n) is 4.78. The quantitative estimate of drug-likeness (QED) is 0.913. The highest BCUT2D eigenvalue weighted by Crippen LogP contribution is 2.33. The Balaban J connectivity index is 1.90. The van der Waals surface area contributed by atoms with Crippen molar-refractivity contribution in [3.8, 4) is 0 Å². The third-order valence-corrected chi connectivity index (χ3v) is 5.00. The fourth-order valence-corrected chi connectivity index (χ4v) is 3.76. The summed E-state index contributed by atoms with van der Waals surface area (Å²) in [6, 6.07) is 4.87. The Hall–Kier alpha value is -1.12. The maximum atomic E-state index is 6.31. The van der Waals surface area contributed by atoms with Gasteiger partial charge in [0.2, 0.25) is 0 Å². The Bertz CT molecular complexity index is 704. The number of aromatic nitrogens is 1. The van der Waals surface area contributed by atoms with Crippen LogP contribution >= 0.6 is 11.6 Å². The lowest BCUT2D eigenvalue weighted by Crippen LogP contribution is -2.19. The fraction of sp³-hybridized carbons (Fsp3) is 0.500. The van der Waals surface area contributed by atoms with Crippen LogP contribution in [0.1, 0.15) is 48.1 Å². The molecule has 0 unspecified atom stereocenters. The minimum atomic E-state index is 0.729. The van der Waals surface area contributed by atoms with Gasteiger partial charge >= 0.3 is 0 Å². The summed E-state index contributed by atoms with van der Waals surface area (Å²) in [4.78, 5) is 4.97. The number of pyridine rings is 1. The van der Waals surface area contributed by atoms with Gasteiger partial charge in [-0.25, -0.2) is 0 Å². The molecule has 4 rings (SSSR count). The second-order valence-corrected chi connectivity index (χ2v) is 6.93. The molecule has 1 saturated carbocycles. The fourth-order valence-electron chi connectivity index (χ4n) is 3.49. The van der Waals surface area contributed by atoms with Gasteiger partial charge in [0.25, 0.3) is 0 Å². The first-order valence-corrected chi connectivity index (χ1v) is 8.44. The number of hydrogen-bond acceptors (Lipinski definition) is 2. The first-order chi connectivity index (χ1) is 10.2. The molecule has 0 amide bonds. The van der Waals surface area contributed by atoms with Crippen molar-refractivity contribution in [2.75, 3.05) is 0 Å². The number of benzene rings is 1. The summed E-state index contributed by atoms with van der Waals surface area (Å²) in [6.07, 6.45) is 7.51. The predicted octanol–water partition coefficient (Wildman–Crippen LogP) is 4.33. The van der Waals surface area contributed by atoms with Crippen LogP contribution in [0.15, 0.2) is 12.1 Å². The molecule has 0 bridgehead atoms. The van der Waals surface area contributed by atoms with Crippen LogP contribution < -0.4 is 5.32 Å². The van der Waals surface area contributed by atoms with Crippen LogP contribution in [-0.4, -0.2) is 11.0 Å². The van der Waals surface area contributed by atoms with Gasteiger partial charge < -0.3 is 5.32 Å². The number of rotatable bonds is 3. The molecular weight excluding hydrogens is 280 g/mol. The van der Waals surface area contributed by atoms with Crippen LogP contribution in [0, 0.1) is 6.92 Å². The molecule has 1 fully saturated rings. The summed E-state index contributed by atoms with van der Waals surface area (Å²) < 4.78 is 0. The van der Waals surface area contributed by atoms with E-state index < -0.39 is 0 Å². The minimum Gasteiger partial charge on any atom is -0.310 e.